The van der Waals surface area contributed by atoms with Gasteiger partial charge in [0.25, 0.3) is 5.91 Å². The molecule has 1 atom stereocenters. The molecule has 0 saturated carbocycles. The first kappa shape index (κ1) is 37.6. The zero-order valence-electron chi connectivity index (χ0n) is 28.8. The molecule has 256 valence electrons. The molecule has 2 aromatic carbocycles. The molecular weight excluding hydrogens is 620 g/mol. The normalized spacial score (nSPS) is 15.1. The number of nitrogens with zero attached hydrogens (tertiary/aromatic N) is 1. The molecule has 0 bridgehead atoms. The van der Waals surface area contributed by atoms with Gasteiger partial charge in [0.1, 0.15) is 17.2 Å². The Labute approximate surface area is 283 Å². The van der Waals surface area contributed by atoms with Crippen molar-refractivity contribution in [3.8, 4) is 0 Å². The summed E-state index contributed by atoms with van der Waals surface area (Å²) in [6.45, 7) is 14.7. The molecule has 0 saturated heterocycles. The maximum absolute atomic E-state index is 14.3. The Morgan fingerprint density at radius 2 is 1.57 bits per heavy atom. The summed E-state index contributed by atoms with van der Waals surface area (Å²) in [6, 6.07) is 15.5. The van der Waals surface area contributed by atoms with Crippen LogP contribution in [0.3, 0.4) is 0 Å². The number of likely N-dealkylation sites (N-methyl/N-ethyl adjacent to an activating group) is 1. The average molecular weight is 669 g/mol. The molecule has 0 unspecified atom stereocenters. The molecule has 0 spiro atoms. The van der Waals surface area contributed by atoms with Crippen LogP contribution in [0.4, 0.5) is 4.79 Å². The fraction of sp³-hybridized carbons (Fsp3) is 0.500. The van der Waals surface area contributed by atoms with E-state index in [0.29, 0.717) is 35.5 Å². The van der Waals surface area contributed by atoms with Gasteiger partial charge in [-0.1, -0.05) is 67.9 Å². The van der Waals surface area contributed by atoms with Crippen molar-refractivity contribution >= 4 is 41.0 Å². The number of rotatable bonds is 14. The number of ether oxygens (including phenoxy) is 2. The van der Waals surface area contributed by atoms with Crippen molar-refractivity contribution in [3.63, 3.8) is 0 Å². The van der Waals surface area contributed by atoms with Crippen molar-refractivity contribution in [2.24, 2.45) is 0 Å². The second kappa shape index (κ2) is 15.8. The summed E-state index contributed by atoms with van der Waals surface area (Å²) in [6.07, 6.45) is 0.489. The van der Waals surface area contributed by atoms with E-state index < -0.39 is 34.7 Å². The minimum absolute atomic E-state index is 0.120. The van der Waals surface area contributed by atoms with E-state index in [0.717, 1.165) is 11.1 Å². The van der Waals surface area contributed by atoms with Crippen molar-refractivity contribution in [3.05, 3.63) is 76.3 Å². The molecule has 4 amide bonds. The predicted molar refractivity (Wildman–Crippen MR) is 184 cm³/mol. The van der Waals surface area contributed by atoms with E-state index in [4.69, 9.17) is 21.1 Å². The van der Waals surface area contributed by atoms with Crippen LogP contribution in [0, 0.1) is 0 Å². The van der Waals surface area contributed by atoms with E-state index in [-0.39, 0.29) is 31.6 Å². The van der Waals surface area contributed by atoms with Crippen LogP contribution >= 0.6 is 11.6 Å². The molecule has 0 aliphatic carbocycles. The smallest absolute Gasteiger partial charge is 0.408 e. The molecule has 0 aromatic heterocycles. The molecule has 3 N–H and O–H groups in total. The Bertz CT molecular complexity index is 1450. The van der Waals surface area contributed by atoms with Gasteiger partial charge >= 0.3 is 6.09 Å². The van der Waals surface area contributed by atoms with Gasteiger partial charge in [0.15, 0.2) is 0 Å². The van der Waals surface area contributed by atoms with Gasteiger partial charge in [-0.15, -0.1) is 0 Å². The molecule has 10 nitrogen and oxygen atoms in total. The fourth-order valence-electron chi connectivity index (χ4n) is 5.49. The lowest BCUT2D eigenvalue weighted by Gasteiger charge is -2.35. The molecule has 47 heavy (non-hydrogen) atoms. The SMILES string of the molecule is CCN(CC1=C(c2ccc(Cl)cc2)C(=O)NC1(CC)CC)C(=O)[C@@H](COCc1ccccc1)NC(=O)C(C)(C)NC(=O)OC(C)(C)C. The number of amides is 4. The topological polar surface area (TPSA) is 126 Å². The first-order valence-corrected chi connectivity index (χ1v) is 16.5. The third-order valence-electron chi connectivity index (χ3n) is 8.22. The third kappa shape index (κ3) is 9.81. The zero-order chi connectivity index (χ0) is 35.0. The summed E-state index contributed by atoms with van der Waals surface area (Å²) in [4.78, 5) is 55.5. The lowest BCUT2D eigenvalue weighted by molar-refractivity contribution is -0.139. The van der Waals surface area contributed by atoms with E-state index in [2.05, 4.69) is 16.0 Å². The van der Waals surface area contributed by atoms with Gasteiger partial charge in [-0.05, 0) is 83.2 Å². The van der Waals surface area contributed by atoms with Crippen LogP contribution in [0.25, 0.3) is 5.57 Å². The second-order valence-electron chi connectivity index (χ2n) is 13.2. The molecule has 1 aliphatic rings. The van der Waals surface area contributed by atoms with Crippen molar-refractivity contribution < 1.29 is 28.7 Å². The standard InChI is InChI=1S/C36H49ClN4O6/c1-9-36(10-2)27(29(30(42)39-36)25-17-19-26(37)20-18-25)21-41(11-3)31(43)28(23-46-22-24-15-13-12-14-16-24)38-32(44)35(7,8)40-33(45)47-34(4,5)6/h12-20,28H,9-11,21-23H2,1-8H3,(H,38,44)(H,39,42)(H,40,45)/t28-/m1/s1. The molecular formula is C36H49ClN4O6. The van der Waals surface area contributed by atoms with Gasteiger partial charge in [0.05, 0.1) is 18.8 Å². The lowest BCUT2D eigenvalue weighted by Crippen LogP contribution is -2.61. The quantitative estimate of drug-likeness (QED) is 0.239. The minimum Gasteiger partial charge on any atom is -0.444 e. The van der Waals surface area contributed by atoms with Gasteiger partial charge in [-0.3, -0.25) is 14.4 Å². The molecule has 1 heterocycles. The average Bonchev–Trinajstić information content (AvgIpc) is 3.29. The zero-order valence-corrected chi connectivity index (χ0v) is 29.5. The Balaban J connectivity index is 1.94. The third-order valence-corrected chi connectivity index (χ3v) is 8.47. The highest BCUT2D eigenvalue weighted by atomic mass is 35.5. The van der Waals surface area contributed by atoms with Crippen molar-refractivity contribution in [1.29, 1.82) is 0 Å². The number of hydrogen-bond donors (Lipinski definition) is 3. The van der Waals surface area contributed by atoms with Gasteiger partial charge in [0.2, 0.25) is 11.8 Å². The Kier molecular flexibility index (Phi) is 12.6. The molecule has 0 fully saturated rings. The number of alkyl carbamates (subject to hydrolysis) is 1. The largest absolute Gasteiger partial charge is 0.444 e. The highest BCUT2D eigenvalue weighted by molar-refractivity contribution is 6.31. The van der Waals surface area contributed by atoms with Crippen molar-refractivity contribution in [2.45, 2.75) is 97.6 Å². The number of carbonyl (C=O) groups is 4. The summed E-state index contributed by atoms with van der Waals surface area (Å²) in [5.41, 5.74) is 0.107. The van der Waals surface area contributed by atoms with E-state index in [1.807, 2.05) is 51.1 Å². The fourth-order valence-corrected chi connectivity index (χ4v) is 5.62. The summed E-state index contributed by atoms with van der Waals surface area (Å²) in [5.74, 6) is -1.18. The first-order chi connectivity index (χ1) is 22.1. The van der Waals surface area contributed by atoms with Crippen molar-refractivity contribution in [2.75, 3.05) is 19.7 Å². The maximum atomic E-state index is 14.3. The minimum atomic E-state index is -1.41. The molecule has 1 aliphatic heterocycles. The van der Waals surface area contributed by atoms with E-state index in [1.165, 1.54) is 13.8 Å². The second-order valence-corrected chi connectivity index (χ2v) is 13.7. The van der Waals surface area contributed by atoms with Gasteiger partial charge in [-0.2, -0.15) is 0 Å². The van der Waals surface area contributed by atoms with E-state index >= 15 is 0 Å². The van der Waals surface area contributed by atoms with Gasteiger partial charge in [0, 0.05) is 23.7 Å². The Hall–Kier alpha value is -3.89. The number of carbonyl (C=O) groups excluding carboxylic acids is 4. The van der Waals surface area contributed by atoms with Crippen LogP contribution in [-0.4, -0.2) is 71.1 Å². The van der Waals surface area contributed by atoms with Crippen LogP contribution in [0.2, 0.25) is 5.02 Å². The van der Waals surface area contributed by atoms with Gasteiger partial charge < -0.3 is 30.3 Å². The summed E-state index contributed by atoms with van der Waals surface area (Å²) in [7, 11) is 0. The Morgan fingerprint density at radius 1 is 0.957 bits per heavy atom. The summed E-state index contributed by atoms with van der Waals surface area (Å²) >= 11 is 6.15. The van der Waals surface area contributed by atoms with Crippen molar-refractivity contribution in [1.82, 2.24) is 20.9 Å². The van der Waals surface area contributed by atoms with Crippen LogP contribution in [-0.2, 0) is 30.5 Å². The first-order valence-electron chi connectivity index (χ1n) is 16.1. The van der Waals surface area contributed by atoms with E-state index in [1.54, 1.807) is 49.9 Å². The predicted octanol–water partition coefficient (Wildman–Crippen LogP) is 5.64. The van der Waals surface area contributed by atoms with Crippen LogP contribution in [0.1, 0.15) is 79.4 Å². The van der Waals surface area contributed by atoms with Crippen LogP contribution < -0.4 is 16.0 Å². The molecule has 2 aromatic rings. The number of benzene rings is 2. The number of halogens is 1. The van der Waals surface area contributed by atoms with E-state index in [9.17, 15) is 19.2 Å². The van der Waals surface area contributed by atoms with Crippen LogP contribution in [0.5, 0.6) is 0 Å². The molecule has 11 heteroatoms. The Morgan fingerprint density at radius 3 is 2.13 bits per heavy atom. The maximum Gasteiger partial charge on any atom is 0.408 e. The highest BCUT2D eigenvalue weighted by Crippen LogP contribution is 2.38. The monoisotopic (exact) mass is 668 g/mol. The summed E-state index contributed by atoms with van der Waals surface area (Å²) < 4.78 is 11.3. The van der Waals surface area contributed by atoms with Gasteiger partial charge in [-0.25, -0.2) is 4.79 Å². The highest BCUT2D eigenvalue weighted by Gasteiger charge is 2.44. The van der Waals surface area contributed by atoms with Crippen LogP contribution in [0.15, 0.2) is 60.2 Å². The number of nitrogens with one attached hydrogen (secondary N) is 3. The molecule has 3 rings (SSSR count). The number of hydrogen-bond acceptors (Lipinski definition) is 6. The molecule has 0 radical (unpaired) electrons. The summed E-state index contributed by atoms with van der Waals surface area (Å²) in [5, 5.41) is 9.15. The lowest BCUT2D eigenvalue weighted by atomic mass is 9.83.